The van der Waals surface area contributed by atoms with Gasteiger partial charge in [0, 0.05) is 23.4 Å². The Morgan fingerprint density at radius 3 is 2.12 bits per heavy atom. The zero-order valence-corrected chi connectivity index (χ0v) is 16.3. The first-order valence-electron chi connectivity index (χ1n) is 8.94. The summed E-state index contributed by atoms with van der Waals surface area (Å²) in [5, 5.41) is 0. The van der Waals surface area contributed by atoms with Gasteiger partial charge in [0.1, 0.15) is 6.61 Å². The van der Waals surface area contributed by atoms with Gasteiger partial charge < -0.3 is 9.64 Å². The third kappa shape index (κ3) is 3.28. The molecule has 3 nitrogen and oxygen atoms in total. The molecule has 1 amide bonds. The van der Waals surface area contributed by atoms with E-state index in [1.165, 1.54) is 26.7 Å². The van der Waals surface area contributed by atoms with Crippen molar-refractivity contribution in [1.82, 2.24) is 4.90 Å². The largest absolute Gasteiger partial charge is 0.448 e. The highest BCUT2D eigenvalue weighted by atomic mass is 127. The minimum atomic E-state index is -0.159. The average molecular weight is 447 g/mol. The molecule has 0 spiro atoms. The summed E-state index contributed by atoms with van der Waals surface area (Å²) in [6.07, 6.45) is 2.02. The Bertz CT molecular complexity index is 722. The van der Waals surface area contributed by atoms with Crippen LogP contribution in [0, 0.1) is 5.92 Å². The van der Waals surface area contributed by atoms with Crippen LogP contribution in [0.1, 0.15) is 29.9 Å². The number of ether oxygens (including phenoxy) is 1. The van der Waals surface area contributed by atoms with Crippen LogP contribution in [-0.4, -0.2) is 35.1 Å². The van der Waals surface area contributed by atoms with Crippen LogP contribution < -0.4 is 0 Å². The number of halogens is 1. The minimum absolute atomic E-state index is 0.142. The normalized spacial score (nSPS) is 17.2. The first-order valence-corrected chi connectivity index (χ1v) is 10.5. The Hall–Kier alpha value is -1.56. The fourth-order valence-electron chi connectivity index (χ4n) is 3.96. The molecule has 4 rings (SSSR count). The van der Waals surface area contributed by atoms with E-state index in [1.807, 2.05) is 4.90 Å². The van der Waals surface area contributed by atoms with Gasteiger partial charge in [-0.2, -0.15) is 0 Å². The maximum absolute atomic E-state index is 12.5. The van der Waals surface area contributed by atoms with E-state index < -0.39 is 0 Å². The molecule has 1 fully saturated rings. The monoisotopic (exact) mass is 447 g/mol. The van der Waals surface area contributed by atoms with Gasteiger partial charge in [-0.1, -0.05) is 71.1 Å². The Morgan fingerprint density at radius 1 is 1.00 bits per heavy atom. The van der Waals surface area contributed by atoms with E-state index >= 15 is 0 Å². The molecule has 0 bridgehead atoms. The number of nitrogens with zero attached hydrogens (tertiary/aromatic N) is 1. The number of alkyl halides is 1. The summed E-state index contributed by atoms with van der Waals surface area (Å²) < 4.78 is 6.91. The lowest BCUT2D eigenvalue weighted by Crippen LogP contribution is -2.39. The fourth-order valence-corrected chi connectivity index (χ4v) is 4.84. The molecule has 1 aliphatic carbocycles. The third-order valence-corrected chi connectivity index (χ3v) is 6.67. The van der Waals surface area contributed by atoms with Crippen molar-refractivity contribution in [3.8, 4) is 11.1 Å². The van der Waals surface area contributed by atoms with Crippen LogP contribution in [0.3, 0.4) is 0 Å². The van der Waals surface area contributed by atoms with Crippen LogP contribution in [0.2, 0.25) is 0 Å². The van der Waals surface area contributed by atoms with Gasteiger partial charge in [0.05, 0.1) is 0 Å². The number of likely N-dealkylation sites (tertiary alicyclic amines) is 1. The second-order valence-electron chi connectivity index (χ2n) is 6.89. The van der Waals surface area contributed by atoms with Crippen molar-refractivity contribution in [1.29, 1.82) is 0 Å². The van der Waals surface area contributed by atoms with Crippen LogP contribution in [0.15, 0.2) is 48.5 Å². The van der Waals surface area contributed by atoms with Crippen molar-refractivity contribution >= 4 is 28.7 Å². The third-order valence-electron chi connectivity index (χ3n) is 5.43. The molecule has 0 unspecified atom stereocenters. The molecular weight excluding hydrogens is 425 g/mol. The Kier molecular flexibility index (Phi) is 4.97. The van der Waals surface area contributed by atoms with Crippen molar-refractivity contribution in [2.24, 2.45) is 5.92 Å². The van der Waals surface area contributed by atoms with Gasteiger partial charge in [0.25, 0.3) is 0 Å². The lowest BCUT2D eigenvalue weighted by molar-refractivity contribution is 0.0875. The van der Waals surface area contributed by atoms with Crippen LogP contribution >= 0.6 is 22.6 Å². The summed E-state index contributed by atoms with van der Waals surface area (Å²) in [6, 6.07) is 16.9. The molecule has 130 valence electrons. The Morgan fingerprint density at radius 2 is 1.56 bits per heavy atom. The number of amides is 1. The molecule has 1 heterocycles. The highest BCUT2D eigenvalue weighted by Gasteiger charge is 2.30. The molecule has 2 aliphatic rings. The molecule has 0 aromatic heterocycles. The summed E-state index contributed by atoms with van der Waals surface area (Å²) >= 11 is 2.44. The van der Waals surface area contributed by atoms with E-state index in [9.17, 15) is 4.79 Å². The first-order chi connectivity index (χ1) is 12.3. The topological polar surface area (TPSA) is 29.5 Å². The highest BCUT2D eigenvalue weighted by molar-refractivity contribution is 14.1. The average Bonchev–Trinajstić information content (AvgIpc) is 3.00. The lowest BCUT2D eigenvalue weighted by atomic mass is 9.98. The first kappa shape index (κ1) is 16.9. The SMILES string of the molecule is O=C(OCC1c2ccccc2-c2ccccc21)N1CCC(CI)CC1. The molecule has 0 atom stereocenters. The number of benzene rings is 2. The number of rotatable bonds is 3. The molecule has 1 saturated heterocycles. The standard InChI is InChI=1S/C21H22INO2/c22-13-15-9-11-23(12-10-15)21(24)25-14-20-18-7-3-1-5-16(18)17-6-2-4-8-19(17)20/h1-8,15,20H,9-14H2. The van der Waals surface area contributed by atoms with E-state index in [4.69, 9.17) is 4.74 Å². The van der Waals surface area contributed by atoms with E-state index in [0.717, 1.165) is 31.8 Å². The van der Waals surface area contributed by atoms with Crippen molar-refractivity contribution in [2.45, 2.75) is 18.8 Å². The number of hydrogen-bond donors (Lipinski definition) is 0. The van der Waals surface area contributed by atoms with Gasteiger partial charge in [-0.3, -0.25) is 0 Å². The van der Waals surface area contributed by atoms with Crippen molar-refractivity contribution < 1.29 is 9.53 Å². The molecule has 0 N–H and O–H groups in total. The molecular formula is C21H22INO2. The fraction of sp³-hybridized carbons (Fsp3) is 0.381. The second kappa shape index (κ2) is 7.36. The van der Waals surface area contributed by atoms with Crippen LogP contribution in [0.4, 0.5) is 4.79 Å². The van der Waals surface area contributed by atoms with Gasteiger partial charge in [-0.25, -0.2) is 4.79 Å². The van der Waals surface area contributed by atoms with E-state index in [2.05, 4.69) is 71.1 Å². The van der Waals surface area contributed by atoms with E-state index in [-0.39, 0.29) is 12.0 Å². The van der Waals surface area contributed by atoms with Gasteiger partial charge >= 0.3 is 6.09 Å². The lowest BCUT2D eigenvalue weighted by Gasteiger charge is -2.30. The summed E-state index contributed by atoms with van der Waals surface area (Å²) in [6.45, 7) is 2.06. The van der Waals surface area contributed by atoms with Gasteiger partial charge in [-0.15, -0.1) is 0 Å². The minimum Gasteiger partial charge on any atom is -0.448 e. The van der Waals surface area contributed by atoms with Crippen molar-refractivity contribution in [3.05, 3.63) is 59.7 Å². The number of carbonyl (C=O) groups excluding carboxylic acids is 1. The molecule has 2 aromatic rings. The summed E-state index contributed by atoms with van der Waals surface area (Å²) in [5.74, 6) is 0.890. The summed E-state index contributed by atoms with van der Waals surface area (Å²) in [4.78, 5) is 14.3. The van der Waals surface area contributed by atoms with Crippen molar-refractivity contribution in [2.75, 3.05) is 24.1 Å². The quantitative estimate of drug-likeness (QED) is 0.485. The second-order valence-corrected chi connectivity index (χ2v) is 7.77. The zero-order valence-electron chi connectivity index (χ0n) is 14.2. The molecule has 25 heavy (non-hydrogen) atoms. The predicted octanol–water partition coefficient (Wildman–Crippen LogP) is 5.08. The molecule has 4 heteroatoms. The highest BCUT2D eigenvalue weighted by Crippen LogP contribution is 2.44. The molecule has 0 saturated carbocycles. The number of carbonyl (C=O) groups is 1. The van der Waals surface area contributed by atoms with Gasteiger partial charge in [0.2, 0.25) is 0 Å². The van der Waals surface area contributed by atoms with Gasteiger partial charge in [0.15, 0.2) is 0 Å². The zero-order chi connectivity index (χ0) is 17.2. The molecule has 2 aromatic carbocycles. The van der Waals surface area contributed by atoms with Crippen LogP contribution in [0.25, 0.3) is 11.1 Å². The summed E-state index contributed by atoms with van der Waals surface area (Å²) in [7, 11) is 0. The van der Waals surface area contributed by atoms with E-state index in [0.29, 0.717) is 6.61 Å². The smallest absolute Gasteiger partial charge is 0.409 e. The number of fused-ring (bicyclic) bond motifs is 3. The van der Waals surface area contributed by atoms with Gasteiger partial charge in [-0.05, 0) is 41.0 Å². The number of hydrogen-bond acceptors (Lipinski definition) is 2. The predicted molar refractivity (Wildman–Crippen MR) is 108 cm³/mol. The van der Waals surface area contributed by atoms with E-state index in [1.54, 1.807) is 0 Å². The van der Waals surface area contributed by atoms with Crippen LogP contribution in [-0.2, 0) is 4.74 Å². The number of piperidine rings is 1. The maximum atomic E-state index is 12.5. The molecule has 1 aliphatic heterocycles. The maximum Gasteiger partial charge on any atom is 0.409 e. The van der Waals surface area contributed by atoms with Crippen molar-refractivity contribution in [3.63, 3.8) is 0 Å². The summed E-state index contributed by atoms with van der Waals surface area (Å²) in [5.41, 5.74) is 5.06. The Labute approximate surface area is 162 Å². The molecule has 0 radical (unpaired) electrons. The van der Waals surface area contributed by atoms with Crippen LogP contribution in [0.5, 0.6) is 0 Å². The Balaban J connectivity index is 1.46.